The monoisotopic (exact) mass is 1070 g/mol. The molecule has 0 N–H and O–H groups in total. The van der Waals surface area contributed by atoms with E-state index in [1.807, 2.05) is 0 Å². The quantitative estimate of drug-likeness (QED) is 0.133. The van der Waals surface area contributed by atoms with Crippen molar-refractivity contribution in [3.63, 3.8) is 0 Å². The average Bonchev–Trinajstić information content (AvgIpc) is 1.92. The van der Waals surface area contributed by atoms with Crippen molar-refractivity contribution in [2.24, 2.45) is 0 Å². The average molecular weight is 1070 g/mol. The first kappa shape index (κ1) is 49.1. The molecule has 3 heteroatoms. The molecule has 0 saturated carbocycles. The number of rotatable bonds is 10. The lowest BCUT2D eigenvalue weighted by Crippen LogP contribution is -2.16. The first-order valence-corrected chi connectivity index (χ1v) is 29.1. The van der Waals surface area contributed by atoms with Crippen LogP contribution in [-0.4, -0.2) is 9.13 Å². The predicted molar refractivity (Wildman–Crippen MR) is 355 cm³/mol. The van der Waals surface area contributed by atoms with Crippen LogP contribution in [0.4, 0.5) is 17.1 Å². The standard InChI is InChI=1S/C81H57N3/c1-81(2)75-51-62(61-40-49-79-74(50-61)72-23-13-15-25-78(72)83(79)64-18-8-4-9-19-64)38-46-69(75)70-48-45-68(53-76(70)81)82(66-41-34-58(35-42-66)56-28-26-55(27-29-56)54-16-6-3-7-17-54)67-43-36-59(37-44-67)57-30-32-60(33-31-57)63-39-47-73-71-22-12-14-24-77(71)84(80(73)52-63)65-20-10-5-11-21-65/h3-53H,1-2H3. The van der Waals surface area contributed by atoms with Crippen LogP contribution >= 0.6 is 0 Å². The molecule has 0 bridgehead atoms. The van der Waals surface area contributed by atoms with Gasteiger partial charge in [0.2, 0.25) is 0 Å². The van der Waals surface area contributed by atoms with E-state index in [-0.39, 0.29) is 5.41 Å². The zero-order chi connectivity index (χ0) is 55.9. The van der Waals surface area contributed by atoms with Crippen LogP contribution in [0, 0.1) is 0 Å². The summed E-state index contributed by atoms with van der Waals surface area (Å²) in [4.78, 5) is 2.42. The van der Waals surface area contributed by atoms with E-state index in [9.17, 15) is 0 Å². The molecule has 396 valence electrons. The second kappa shape index (κ2) is 19.8. The predicted octanol–water partition coefficient (Wildman–Crippen LogP) is 22.0. The van der Waals surface area contributed by atoms with E-state index in [0.717, 1.165) is 22.7 Å². The van der Waals surface area contributed by atoms with Crippen LogP contribution in [0.5, 0.6) is 0 Å². The van der Waals surface area contributed by atoms with Gasteiger partial charge in [-0.15, -0.1) is 0 Å². The summed E-state index contributed by atoms with van der Waals surface area (Å²) < 4.78 is 4.78. The van der Waals surface area contributed by atoms with E-state index in [0.29, 0.717) is 0 Å². The number of hydrogen-bond acceptors (Lipinski definition) is 1. The molecule has 0 fully saturated rings. The van der Waals surface area contributed by atoms with Crippen molar-refractivity contribution >= 4 is 60.7 Å². The van der Waals surface area contributed by atoms with Gasteiger partial charge in [0.1, 0.15) is 0 Å². The lowest BCUT2D eigenvalue weighted by molar-refractivity contribution is 0.660. The summed E-state index contributed by atoms with van der Waals surface area (Å²) in [6.45, 7) is 4.79. The summed E-state index contributed by atoms with van der Waals surface area (Å²) in [5, 5.41) is 5.03. The Kier molecular flexibility index (Phi) is 11.6. The molecule has 84 heavy (non-hydrogen) atoms. The Balaban J connectivity index is 0.736. The van der Waals surface area contributed by atoms with Gasteiger partial charge in [0.15, 0.2) is 0 Å². The third-order valence-corrected chi connectivity index (χ3v) is 17.8. The molecule has 1 aliphatic carbocycles. The van der Waals surface area contributed by atoms with E-state index in [2.05, 4.69) is 337 Å². The van der Waals surface area contributed by atoms with Crippen LogP contribution < -0.4 is 4.90 Å². The van der Waals surface area contributed by atoms with Crippen LogP contribution in [-0.2, 0) is 5.41 Å². The topological polar surface area (TPSA) is 13.1 Å². The maximum absolute atomic E-state index is 2.45. The molecule has 1 aliphatic rings. The number of anilines is 3. The Morgan fingerprint density at radius 2 is 0.583 bits per heavy atom. The summed E-state index contributed by atoms with van der Waals surface area (Å²) in [5.41, 5.74) is 27.5. The van der Waals surface area contributed by atoms with Gasteiger partial charge in [0, 0.05) is 55.4 Å². The Morgan fingerprint density at radius 1 is 0.238 bits per heavy atom. The Morgan fingerprint density at radius 3 is 1.14 bits per heavy atom. The molecule has 13 aromatic carbocycles. The maximum atomic E-state index is 2.45. The van der Waals surface area contributed by atoms with Gasteiger partial charge < -0.3 is 14.0 Å². The largest absolute Gasteiger partial charge is 0.310 e. The third-order valence-electron chi connectivity index (χ3n) is 17.8. The van der Waals surface area contributed by atoms with Crippen LogP contribution in [0.15, 0.2) is 309 Å². The smallest absolute Gasteiger partial charge is 0.0547 e. The molecule has 0 saturated heterocycles. The third kappa shape index (κ3) is 8.19. The van der Waals surface area contributed by atoms with Gasteiger partial charge in [0.25, 0.3) is 0 Å². The lowest BCUT2D eigenvalue weighted by Gasteiger charge is -2.28. The van der Waals surface area contributed by atoms with Crippen molar-refractivity contribution in [2.45, 2.75) is 19.3 Å². The van der Waals surface area contributed by atoms with Gasteiger partial charge in [-0.25, -0.2) is 0 Å². The van der Waals surface area contributed by atoms with E-state index in [4.69, 9.17) is 0 Å². The second-order valence-corrected chi connectivity index (χ2v) is 22.9. The van der Waals surface area contributed by atoms with Crippen molar-refractivity contribution in [3.8, 4) is 78.1 Å². The molecule has 0 atom stereocenters. The van der Waals surface area contributed by atoms with E-state index < -0.39 is 0 Å². The highest BCUT2D eigenvalue weighted by atomic mass is 15.1. The van der Waals surface area contributed by atoms with Gasteiger partial charge in [0.05, 0.1) is 22.1 Å². The molecule has 2 heterocycles. The highest BCUT2D eigenvalue weighted by Gasteiger charge is 2.36. The first-order chi connectivity index (χ1) is 41.4. The Bertz CT molecular complexity index is 4970. The summed E-state index contributed by atoms with van der Waals surface area (Å²) in [5.74, 6) is 0. The van der Waals surface area contributed by atoms with Crippen LogP contribution in [0.3, 0.4) is 0 Å². The maximum Gasteiger partial charge on any atom is 0.0547 e. The Hall–Kier alpha value is -10.7. The van der Waals surface area contributed by atoms with Crippen LogP contribution in [0.1, 0.15) is 25.0 Å². The highest BCUT2D eigenvalue weighted by molar-refractivity contribution is 6.11. The number of hydrogen-bond donors (Lipinski definition) is 0. The van der Waals surface area contributed by atoms with Crippen molar-refractivity contribution < 1.29 is 0 Å². The second-order valence-electron chi connectivity index (χ2n) is 22.9. The normalized spacial score (nSPS) is 12.5. The molecule has 15 aromatic rings. The number of benzene rings is 13. The molecule has 0 unspecified atom stereocenters. The SMILES string of the molecule is CC1(C)c2cc(-c3ccc4c(c3)c3ccccc3n4-c3ccccc3)ccc2-c2ccc(N(c3ccc(-c4ccc(-c5ccccc5)cc4)cc3)c3ccc(-c4ccc(-c5ccc6c7ccccc7n(-c7ccccc7)c6c5)cc4)cc3)cc21. The van der Waals surface area contributed by atoms with Gasteiger partial charge >= 0.3 is 0 Å². The number of para-hydroxylation sites is 4. The molecule has 2 aromatic heterocycles. The van der Waals surface area contributed by atoms with Gasteiger partial charge in [-0.2, -0.15) is 0 Å². The molecule has 0 aliphatic heterocycles. The van der Waals surface area contributed by atoms with Crippen molar-refractivity contribution in [2.75, 3.05) is 4.90 Å². The summed E-state index contributed by atoms with van der Waals surface area (Å²) in [7, 11) is 0. The zero-order valence-corrected chi connectivity index (χ0v) is 46.8. The summed E-state index contributed by atoms with van der Waals surface area (Å²) in [6, 6.07) is 114. The molecule has 0 spiro atoms. The fourth-order valence-corrected chi connectivity index (χ4v) is 13.5. The Labute approximate surface area is 489 Å². The summed E-state index contributed by atoms with van der Waals surface area (Å²) >= 11 is 0. The molecule has 0 amide bonds. The van der Waals surface area contributed by atoms with E-state index in [1.165, 1.54) is 127 Å². The minimum Gasteiger partial charge on any atom is -0.310 e. The molecular weight excluding hydrogens is 1010 g/mol. The van der Waals surface area contributed by atoms with Gasteiger partial charge in [-0.3, -0.25) is 0 Å². The molecule has 16 rings (SSSR count). The van der Waals surface area contributed by atoms with Gasteiger partial charge in [-0.05, 0) is 175 Å². The molecule has 3 nitrogen and oxygen atoms in total. The number of nitrogens with zero attached hydrogens (tertiary/aromatic N) is 3. The van der Waals surface area contributed by atoms with Crippen molar-refractivity contribution in [3.05, 3.63) is 321 Å². The molecular formula is C81H57N3. The lowest BCUT2D eigenvalue weighted by atomic mass is 9.81. The van der Waals surface area contributed by atoms with Crippen LogP contribution in [0.2, 0.25) is 0 Å². The van der Waals surface area contributed by atoms with Crippen LogP contribution in [0.25, 0.3) is 122 Å². The fraction of sp³-hybridized carbons (Fsp3) is 0.0370. The van der Waals surface area contributed by atoms with E-state index >= 15 is 0 Å². The zero-order valence-electron chi connectivity index (χ0n) is 46.8. The van der Waals surface area contributed by atoms with Crippen molar-refractivity contribution in [1.82, 2.24) is 9.13 Å². The highest BCUT2D eigenvalue weighted by Crippen LogP contribution is 2.52. The number of aromatic nitrogens is 2. The first-order valence-electron chi connectivity index (χ1n) is 29.1. The van der Waals surface area contributed by atoms with E-state index in [1.54, 1.807) is 0 Å². The van der Waals surface area contributed by atoms with Crippen molar-refractivity contribution in [1.29, 1.82) is 0 Å². The molecule has 0 radical (unpaired) electrons. The minimum atomic E-state index is -0.256. The minimum absolute atomic E-state index is 0.256. The summed E-state index contributed by atoms with van der Waals surface area (Å²) in [6.07, 6.45) is 0. The van der Waals surface area contributed by atoms with Gasteiger partial charge in [-0.1, -0.05) is 226 Å². The number of fused-ring (bicyclic) bond motifs is 9. The fourth-order valence-electron chi connectivity index (χ4n) is 13.5.